The lowest BCUT2D eigenvalue weighted by Gasteiger charge is -2.31. The lowest BCUT2D eigenvalue weighted by atomic mass is 10.1. The molecule has 0 fully saturated rings. The van der Waals surface area contributed by atoms with Crippen LogP contribution in [0.25, 0.3) is 0 Å². The summed E-state index contributed by atoms with van der Waals surface area (Å²) in [5.74, 6) is 0. The minimum atomic E-state index is -1.66. The molecule has 0 unspecified atom stereocenters. The van der Waals surface area contributed by atoms with E-state index < -0.39 is 20.0 Å². The maximum atomic E-state index is 10.1. The summed E-state index contributed by atoms with van der Waals surface area (Å²) in [5.41, 5.74) is -1.66. The summed E-state index contributed by atoms with van der Waals surface area (Å²) in [5, 5.41) is 0. The van der Waals surface area contributed by atoms with E-state index >= 15 is 0 Å². The molecule has 0 aromatic rings. The fourth-order valence-electron chi connectivity index (χ4n) is 0.511. The van der Waals surface area contributed by atoms with Gasteiger partial charge < -0.3 is 0 Å². The lowest BCUT2D eigenvalue weighted by molar-refractivity contribution is 0.505. The van der Waals surface area contributed by atoms with Gasteiger partial charge in [-0.3, -0.25) is 0 Å². The van der Waals surface area contributed by atoms with Crippen molar-refractivity contribution in [2.45, 2.75) is 20.0 Å². The summed E-state index contributed by atoms with van der Waals surface area (Å²) in [6.45, 7) is 0. The third kappa shape index (κ3) is 3.04. The number of alkyl halides is 6. The van der Waals surface area contributed by atoms with Gasteiger partial charge in [0.1, 0.15) is 14.5 Å². The second-order valence-corrected chi connectivity index (χ2v) is 5.28. The topological polar surface area (TPSA) is 29.4 Å². The highest BCUT2D eigenvalue weighted by atomic mass is 35.5. The molecule has 8 heteroatoms. The average Bonchev–Trinajstić information content (AvgIpc) is 1.97. The predicted octanol–water partition coefficient (Wildman–Crippen LogP) is 3.47. The second-order valence-electron chi connectivity index (χ2n) is 1.99. The third-order valence-corrected chi connectivity index (χ3v) is 3.39. The van der Waals surface area contributed by atoms with Gasteiger partial charge in [0, 0.05) is 0 Å². The summed E-state index contributed by atoms with van der Waals surface area (Å²) in [6.07, 6.45) is 1.22. The molecule has 0 radical (unpaired) electrons. The van der Waals surface area contributed by atoms with Crippen LogP contribution in [0.1, 0.15) is 0 Å². The Morgan fingerprint density at radius 1 is 0.923 bits per heavy atom. The molecule has 0 aliphatic carbocycles. The minimum Gasteiger partial charge on any atom is -0.211 e. The van der Waals surface area contributed by atoms with E-state index in [1.165, 1.54) is 6.08 Å². The summed E-state index contributed by atoms with van der Waals surface area (Å²) in [4.78, 5) is 9.71. The standard InChI is InChI=1S/C5H3Cl6NO/c6-2(7)5(3(8)9,4(10)11)12-1-13/h2-4H. The molecule has 0 amide bonds. The number of rotatable bonds is 4. The first kappa shape index (κ1) is 14.1. The van der Waals surface area contributed by atoms with Crippen LogP contribution in [0.5, 0.6) is 0 Å². The van der Waals surface area contributed by atoms with Crippen molar-refractivity contribution in [1.82, 2.24) is 0 Å². The summed E-state index contributed by atoms with van der Waals surface area (Å²) in [7, 11) is 0. The number of carbonyl (C=O) groups excluding carboxylic acids is 1. The van der Waals surface area contributed by atoms with Crippen molar-refractivity contribution < 1.29 is 4.79 Å². The van der Waals surface area contributed by atoms with E-state index in [1.807, 2.05) is 0 Å². The predicted molar refractivity (Wildman–Crippen MR) is 57.3 cm³/mol. The van der Waals surface area contributed by atoms with E-state index in [4.69, 9.17) is 69.6 Å². The van der Waals surface area contributed by atoms with Gasteiger partial charge in [0.05, 0.1) is 0 Å². The molecular weight excluding hydrogens is 303 g/mol. The first-order valence-electron chi connectivity index (χ1n) is 2.83. The van der Waals surface area contributed by atoms with Crippen LogP contribution in [-0.4, -0.2) is 26.1 Å². The van der Waals surface area contributed by atoms with E-state index in [-0.39, 0.29) is 0 Å². The molecule has 0 aromatic carbocycles. The van der Waals surface area contributed by atoms with Gasteiger partial charge >= 0.3 is 0 Å². The molecule has 0 aliphatic heterocycles. The number of aliphatic imine (C=N–C) groups is 1. The SMILES string of the molecule is O=C=NC(C(Cl)Cl)(C(Cl)Cl)C(Cl)Cl. The lowest BCUT2D eigenvalue weighted by Crippen LogP contribution is -2.46. The van der Waals surface area contributed by atoms with Crippen LogP contribution in [0.2, 0.25) is 0 Å². The molecule has 0 bridgehead atoms. The van der Waals surface area contributed by atoms with Crippen molar-refractivity contribution in [3.05, 3.63) is 0 Å². The van der Waals surface area contributed by atoms with Gasteiger partial charge in [-0.1, -0.05) is 0 Å². The maximum Gasteiger partial charge on any atom is 0.235 e. The van der Waals surface area contributed by atoms with Crippen molar-refractivity contribution in [3.8, 4) is 0 Å². The van der Waals surface area contributed by atoms with Gasteiger partial charge in [0.2, 0.25) is 6.08 Å². The Morgan fingerprint density at radius 3 is 1.31 bits per heavy atom. The van der Waals surface area contributed by atoms with E-state index in [0.29, 0.717) is 0 Å². The normalized spacial score (nSPS) is 12.4. The van der Waals surface area contributed by atoms with Crippen LogP contribution in [0.4, 0.5) is 0 Å². The highest BCUT2D eigenvalue weighted by molar-refractivity contribution is 6.54. The number of isocyanates is 1. The van der Waals surface area contributed by atoms with E-state index in [2.05, 4.69) is 4.99 Å². The van der Waals surface area contributed by atoms with Crippen molar-refractivity contribution in [1.29, 1.82) is 0 Å². The van der Waals surface area contributed by atoms with Crippen LogP contribution in [-0.2, 0) is 4.79 Å². The molecular formula is C5H3Cl6NO. The number of nitrogens with zero attached hydrogens (tertiary/aromatic N) is 1. The highest BCUT2D eigenvalue weighted by Crippen LogP contribution is 2.40. The molecule has 0 saturated heterocycles. The molecule has 2 nitrogen and oxygen atoms in total. The first-order valence-corrected chi connectivity index (χ1v) is 5.45. The molecule has 76 valence electrons. The summed E-state index contributed by atoms with van der Waals surface area (Å²) >= 11 is 33.1. The van der Waals surface area contributed by atoms with Crippen molar-refractivity contribution in [2.75, 3.05) is 0 Å². The van der Waals surface area contributed by atoms with Crippen molar-refractivity contribution >= 4 is 75.7 Å². The summed E-state index contributed by atoms with van der Waals surface area (Å²) in [6, 6.07) is 0. The van der Waals surface area contributed by atoms with Gasteiger partial charge in [-0.05, 0) is 0 Å². The molecule has 0 aliphatic rings. The number of hydrogen-bond donors (Lipinski definition) is 0. The van der Waals surface area contributed by atoms with Crippen LogP contribution in [0.3, 0.4) is 0 Å². The number of hydrogen-bond acceptors (Lipinski definition) is 2. The van der Waals surface area contributed by atoms with Crippen LogP contribution < -0.4 is 0 Å². The molecule has 0 spiro atoms. The van der Waals surface area contributed by atoms with Gasteiger partial charge in [-0.25, -0.2) is 4.79 Å². The Hall–Kier alpha value is 1.12. The van der Waals surface area contributed by atoms with Crippen LogP contribution >= 0.6 is 69.6 Å². The molecule has 0 N–H and O–H groups in total. The van der Waals surface area contributed by atoms with Gasteiger partial charge in [-0.2, -0.15) is 4.99 Å². The molecule has 0 aromatic heterocycles. The molecule has 0 saturated carbocycles. The zero-order valence-electron chi connectivity index (χ0n) is 5.86. The fourth-order valence-corrected chi connectivity index (χ4v) is 3.09. The van der Waals surface area contributed by atoms with E-state index in [1.54, 1.807) is 0 Å². The Labute approximate surface area is 105 Å². The number of halogens is 6. The van der Waals surface area contributed by atoms with Gasteiger partial charge in [0.25, 0.3) is 0 Å². The molecule has 13 heavy (non-hydrogen) atoms. The van der Waals surface area contributed by atoms with Crippen LogP contribution in [0.15, 0.2) is 4.99 Å². The van der Waals surface area contributed by atoms with E-state index in [0.717, 1.165) is 0 Å². The Morgan fingerprint density at radius 2 is 1.23 bits per heavy atom. The second kappa shape index (κ2) is 5.87. The zero-order chi connectivity index (χ0) is 10.6. The van der Waals surface area contributed by atoms with Crippen molar-refractivity contribution in [3.63, 3.8) is 0 Å². The minimum absolute atomic E-state index is 1.21. The molecule has 0 rings (SSSR count). The average molecular weight is 306 g/mol. The third-order valence-electron chi connectivity index (χ3n) is 1.29. The largest absolute Gasteiger partial charge is 0.235 e. The Bertz CT molecular complexity index is 189. The highest BCUT2D eigenvalue weighted by Gasteiger charge is 2.49. The maximum absolute atomic E-state index is 10.1. The van der Waals surface area contributed by atoms with E-state index in [9.17, 15) is 4.79 Å². The quantitative estimate of drug-likeness (QED) is 0.444. The smallest absolute Gasteiger partial charge is 0.211 e. The molecule has 0 heterocycles. The monoisotopic (exact) mass is 303 g/mol. The Kier molecular flexibility index (Phi) is 6.38. The summed E-state index contributed by atoms with van der Waals surface area (Å²) < 4.78 is 0. The zero-order valence-corrected chi connectivity index (χ0v) is 10.4. The van der Waals surface area contributed by atoms with Gasteiger partial charge in [-0.15, -0.1) is 69.6 Å². The Balaban J connectivity index is 5.17. The van der Waals surface area contributed by atoms with Crippen LogP contribution in [0, 0.1) is 0 Å². The van der Waals surface area contributed by atoms with Gasteiger partial charge in [0.15, 0.2) is 5.54 Å². The fraction of sp³-hybridized carbons (Fsp3) is 0.800. The van der Waals surface area contributed by atoms with Crippen molar-refractivity contribution in [2.24, 2.45) is 4.99 Å². The molecule has 0 atom stereocenters. The first-order chi connectivity index (χ1) is 5.89.